The molecule has 1 atom stereocenters. The molecule has 0 amide bonds. The van der Waals surface area contributed by atoms with E-state index in [0.29, 0.717) is 13.2 Å². The third-order valence-electron chi connectivity index (χ3n) is 3.35. The monoisotopic (exact) mass is 239 g/mol. The van der Waals surface area contributed by atoms with Crippen LogP contribution < -0.4 is 5.73 Å². The maximum Gasteiger partial charge on any atom is 0.196 e. The fraction of sp³-hybridized carbons (Fsp3) is 0.667. The third kappa shape index (κ3) is 1.52. The number of hydrogen-bond donors (Lipinski definition) is 1. The van der Waals surface area contributed by atoms with Crippen molar-refractivity contribution < 1.29 is 9.47 Å². The molecule has 1 aromatic rings. The lowest BCUT2D eigenvalue weighted by Gasteiger charge is -2.31. The van der Waals surface area contributed by atoms with Gasteiger partial charge in [-0.15, -0.1) is 11.3 Å². The molecule has 2 N–H and O–H groups in total. The van der Waals surface area contributed by atoms with Gasteiger partial charge < -0.3 is 15.2 Å². The van der Waals surface area contributed by atoms with E-state index in [4.69, 9.17) is 15.2 Å². The van der Waals surface area contributed by atoms with Crippen LogP contribution in [-0.2, 0) is 21.7 Å². The lowest BCUT2D eigenvalue weighted by Crippen LogP contribution is -2.30. The molecule has 4 heteroatoms. The van der Waals surface area contributed by atoms with Crippen LogP contribution in [0.3, 0.4) is 0 Å². The highest BCUT2D eigenvalue weighted by Gasteiger charge is 2.43. The number of aryl methyl sites for hydroxylation is 1. The van der Waals surface area contributed by atoms with E-state index in [2.05, 4.69) is 6.07 Å². The van der Waals surface area contributed by atoms with E-state index in [1.807, 2.05) is 18.3 Å². The van der Waals surface area contributed by atoms with Crippen LogP contribution in [0.15, 0.2) is 6.07 Å². The molecular formula is C12H17NO2S. The summed E-state index contributed by atoms with van der Waals surface area (Å²) in [5.74, 6) is -0.433. The van der Waals surface area contributed by atoms with Crippen LogP contribution in [0.25, 0.3) is 0 Å². The van der Waals surface area contributed by atoms with Crippen LogP contribution in [0.4, 0.5) is 0 Å². The van der Waals surface area contributed by atoms with Crippen molar-refractivity contribution in [3.8, 4) is 0 Å². The number of ether oxygens (including phenoxy) is 2. The molecule has 1 aromatic heterocycles. The first-order chi connectivity index (χ1) is 7.71. The highest BCUT2D eigenvalue weighted by Crippen LogP contribution is 2.45. The molecule has 3 rings (SSSR count). The normalized spacial score (nSPS) is 24.6. The molecule has 1 spiro atoms. The van der Waals surface area contributed by atoms with Crippen LogP contribution in [0.1, 0.15) is 41.1 Å². The number of nitrogens with two attached hydrogens (primary N) is 1. The van der Waals surface area contributed by atoms with Gasteiger partial charge in [0, 0.05) is 27.8 Å². The topological polar surface area (TPSA) is 44.5 Å². The number of rotatable bonds is 1. The Balaban J connectivity index is 2.04. The number of thiophene rings is 1. The van der Waals surface area contributed by atoms with E-state index in [1.54, 1.807) is 0 Å². The summed E-state index contributed by atoms with van der Waals surface area (Å²) in [5, 5.41) is 0. The maximum atomic E-state index is 5.94. The second kappa shape index (κ2) is 3.81. The molecular weight excluding hydrogens is 222 g/mol. The quantitative estimate of drug-likeness (QED) is 0.818. The summed E-state index contributed by atoms with van der Waals surface area (Å²) in [6, 6.07) is 2.30. The Kier molecular flexibility index (Phi) is 2.55. The van der Waals surface area contributed by atoms with E-state index in [-0.39, 0.29) is 6.04 Å². The lowest BCUT2D eigenvalue weighted by molar-refractivity contribution is -0.175. The minimum absolute atomic E-state index is 0.106. The molecule has 1 aliphatic heterocycles. The summed E-state index contributed by atoms with van der Waals surface area (Å²) in [5.41, 5.74) is 7.19. The molecule has 0 saturated carbocycles. The predicted molar refractivity (Wildman–Crippen MR) is 63.4 cm³/mol. The summed E-state index contributed by atoms with van der Waals surface area (Å²) >= 11 is 1.82. The first-order valence-electron chi connectivity index (χ1n) is 5.88. The summed E-state index contributed by atoms with van der Waals surface area (Å²) in [4.78, 5) is 2.64. The molecule has 1 saturated heterocycles. The van der Waals surface area contributed by atoms with Gasteiger partial charge in [-0.2, -0.15) is 0 Å². The van der Waals surface area contributed by atoms with Crippen LogP contribution in [0, 0.1) is 0 Å². The Morgan fingerprint density at radius 3 is 2.88 bits per heavy atom. The van der Waals surface area contributed by atoms with Gasteiger partial charge in [-0.1, -0.05) is 0 Å². The van der Waals surface area contributed by atoms with E-state index in [9.17, 15) is 0 Å². The van der Waals surface area contributed by atoms with Crippen molar-refractivity contribution in [3.05, 3.63) is 21.4 Å². The van der Waals surface area contributed by atoms with Crippen molar-refractivity contribution in [1.82, 2.24) is 0 Å². The van der Waals surface area contributed by atoms with Gasteiger partial charge in [-0.05, 0) is 25.8 Å². The van der Waals surface area contributed by atoms with Crippen molar-refractivity contribution in [3.63, 3.8) is 0 Å². The molecule has 1 unspecified atom stereocenters. The van der Waals surface area contributed by atoms with Gasteiger partial charge in [-0.3, -0.25) is 0 Å². The standard InChI is InChI=1S/C12H17NO2S/c1-8(13)11-7-9-10(16-11)3-2-4-12(9)14-5-6-15-12/h7-8H,2-6,13H2,1H3. The zero-order chi connectivity index (χ0) is 11.2. The van der Waals surface area contributed by atoms with Crippen molar-refractivity contribution in [2.75, 3.05) is 13.2 Å². The maximum absolute atomic E-state index is 5.94. The Hall–Kier alpha value is -0.420. The van der Waals surface area contributed by atoms with Gasteiger partial charge in [0.25, 0.3) is 0 Å². The Bertz CT molecular complexity index is 394. The fourth-order valence-corrected chi connectivity index (χ4v) is 3.77. The Labute approximate surface area is 99.5 Å². The van der Waals surface area contributed by atoms with E-state index in [1.165, 1.54) is 15.3 Å². The van der Waals surface area contributed by atoms with Crippen molar-refractivity contribution in [1.29, 1.82) is 0 Å². The van der Waals surface area contributed by atoms with E-state index >= 15 is 0 Å². The van der Waals surface area contributed by atoms with Crippen molar-refractivity contribution in [2.45, 2.75) is 38.0 Å². The molecule has 2 heterocycles. The first kappa shape index (κ1) is 10.7. The molecule has 16 heavy (non-hydrogen) atoms. The lowest BCUT2D eigenvalue weighted by atomic mass is 9.92. The molecule has 0 aromatic carbocycles. The van der Waals surface area contributed by atoms with Gasteiger partial charge in [0.15, 0.2) is 5.79 Å². The Morgan fingerprint density at radius 2 is 2.19 bits per heavy atom. The smallest absolute Gasteiger partial charge is 0.196 e. The van der Waals surface area contributed by atoms with Gasteiger partial charge in [0.2, 0.25) is 0 Å². The predicted octanol–water partition coefficient (Wildman–Crippen LogP) is 2.30. The minimum Gasteiger partial charge on any atom is -0.343 e. The van der Waals surface area contributed by atoms with E-state index in [0.717, 1.165) is 19.3 Å². The average molecular weight is 239 g/mol. The second-order valence-electron chi connectivity index (χ2n) is 4.58. The van der Waals surface area contributed by atoms with Crippen LogP contribution in [0.5, 0.6) is 0 Å². The van der Waals surface area contributed by atoms with Crippen LogP contribution >= 0.6 is 11.3 Å². The molecule has 88 valence electrons. The van der Waals surface area contributed by atoms with Gasteiger partial charge in [0.05, 0.1) is 13.2 Å². The number of fused-ring (bicyclic) bond motifs is 2. The van der Waals surface area contributed by atoms with Gasteiger partial charge >= 0.3 is 0 Å². The van der Waals surface area contributed by atoms with E-state index < -0.39 is 5.79 Å². The summed E-state index contributed by atoms with van der Waals surface area (Å²) in [6.07, 6.45) is 3.27. The van der Waals surface area contributed by atoms with Gasteiger partial charge in [-0.25, -0.2) is 0 Å². The van der Waals surface area contributed by atoms with Crippen molar-refractivity contribution in [2.24, 2.45) is 5.73 Å². The summed E-state index contributed by atoms with van der Waals surface area (Å²) in [6.45, 7) is 3.45. The second-order valence-corrected chi connectivity index (χ2v) is 5.75. The zero-order valence-corrected chi connectivity index (χ0v) is 10.3. The molecule has 3 nitrogen and oxygen atoms in total. The van der Waals surface area contributed by atoms with Gasteiger partial charge in [0.1, 0.15) is 0 Å². The minimum atomic E-state index is -0.433. The molecule has 2 aliphatic rings. The largest absolute Gasteiger partial charge is 0.343 e. The zero-order valence-electron chi connectivity index (χ0n) is 9.49. The SMILES string of the molecule is CC(N)c1cc2c(s1)CCCC21OCCO1. The Morgan fingerprint density at radius 1 is 1.44 bits per heavy atom. The molecule has 1 fully saturated rings. The van der Waals surface area contributed by atoms with Crippen LogP contribution in [0.2, 0.25) is 0 Å². The number of hydrogen-bond acceptors (Lipinski definition) is 4. The highest BCUT2D eigenvalue weighted by molar-refractivity contribution is 7.12. The summed E-state index contributed by atoms with van der Waals surface area (Å²) < 4.78 is 11.7. The molecule has 0 radical (unpaired) electrons. The van der Waals surface area contributed by atoms with Crippen LogP contribution in [-0.4, -0.2) is 13.2 Å². The molecule has 1 aliphatic carbocycles. The average Bonchev–Trinajstić information content (AvgIpc) is 2.85. The van der Waals surface area contributed by atoms with Crippen molar-refractivity contribution >= 4 is 11.3 Å². The molecule has 0 bridgehead atoms. The first-order valence-corrected chi connectivity index (χ1v) is 6.69. The fourth-order valence-electron chi connectivity index (χ4n) is 2.55. The third-order valence-corrected chi connectivity index (χ3v) is 4.75. The summed E-state index contributed by atoms with van der Waals surface area (Å²) in [7, 11) is 0. The highest BCUT2D eigenvalue weighted by atomic mass is 32.1.